The number of rotatable bonds is 8. The maximum atomic E-state index is 12.5. The first-order chi connectivity index (χ1) is 8.99. The van der Waals surface area contributed by atoms with Gasteiger partial charge in [0, 0.05) is 12.1 Å². The molecule has 0 saturated heterocycles. The summed E-state index contributed by atoms with van der Waals surface area (Å²) in [5, 5.41) is 12.3. The molecule has 0 aromatic heterocycles. The van der Waals surface area contributed by atoms with Crippen LogP contribution in [0.15, 0.2) is 0 Å². The van der Waals surface area contributed by atoms with Crippen LogP contribution >= 0.6 is 0 Å². The summed E-state index contributed by atoms with van der Waals surface area (Å²) in [5.74, 6) is 0. The van der Waals surface area contributed by atoms with E-state index in [9.17, 15) is 18.4 Å². The van der Waals surface area contributed by atoms with Gasteiger partial charge in [0.25, 0.3) is 0 Å². The number of nitriles is 1. The van der Waals surface area contributed by atoms with Gasteiger partial charge in [0.15, 0.2) is 0 Å². The van der Waals surface area contributed by atoms with E-state index in [-0.39, 0.29) is 12.1 Å². The maximum Gasteiger partial charge on any atom is 0.401 e. The van der Waals surface area contributed by atoms with Crippen LogP contribution in [0.25, 0.3) is 0 Å². The Bertz CT molecular complexity index is 321. The number of hydrogen-bond acceptors (Lipinski definition) is 3. The number of nitrogens with zero attached hydrogens (tertiary/aromatic N) is 2. The first-order valence-corrected chi connectivity index (χ1v) is 6.99. The Balaban J connectivity index is 4.40. The molecule has 0 aromatic rings. The number of hydrogen-bond donors (Lipinski definition) is 1. The van der Waals surface area contributed by atoms with Crippen molar-refractivity contribution in [3.8, 4) is 6.07 Å². The van der Waals surface area contributed by atoms with E-state index in [1.807, 2.05) is 13.8 Å². The zero-order valence-corrected chi connectivity index (χ0v) is 13.0. The Labute approximate surface area is 120 Å². The highest BCUT2D eigenvalue weighted by atomic mass is 19.4. The van der Waals surface area contributed by atoms with E-state index in [2.05, 4.69) is 11.4 Å². The van der Waals surface area contributed by atoms with Crippen LogP contribution in [0.5, 0.6) is 0 Å². The van der Waals surface area contributed by atoms with Crippen molar-refractivity contribution in [3.05, 3.63) is 0 Å². The van der Waals surface area contributed by atoms with Gasteiger partial charge in [-0.05, 0) is 54.0 Å². The lowest BCUT2D eigenvalue weighted by Crippen LogP contribution is -2.46. The van der Waals surface area contributed by atoms with Gasteiger partial charge < -0.3 is 0 Å². The van der Waals surface area contributed by atoms with Gasteiger partial charge in [0.1, 0.15) is 5.54 Å². The molecule has 0 rings (SSSR count). The minimum atomic E-state index is -4.18. The quantitative estimate of drug-likeness (QED) is 0.746. The molecule has 0 amide bonds. The fourth-order valence-electron chi connectivity index (χ4n) is 2.18. The third-order valence-corrected chi connectivity index (χ3v) is 3.09. The lowest BCUT2D eigenvalue weighted by Gasteiger charge is -2.30. The van der Waals surface area contributed by atoms with Crippen molar-refractivity contribution in [1.29, 1.82) is 5.26 Å². The van der Waals surface area contributed by atoms with Crippen LogP contribution in [0.3, 0.4) is 0 Å². The van der Waals surface area contributed by atoms with Crippen molar-refractivity contribution in [3.63, 3.8) is 0 Å². The zero-order chi connectivity index (χ0) is 16.0. The van der Waals surface area contributed by atoms with E-state index in [1.165, 1.54) is 4.90 Å². The zero-order valence-electron chi connectivity index (χ0n) is 13.0. The molecule has 0 heterocycles. The molecule has 0 aliphatic rings. The summed E-state index contributed by atoms with van der Waals surface area (Å²) in [6, 6.07) is 2.21. The van der Waals surface area contributed by atoms with E-state index in [4.69, 9.17) is 0 Å². The van der Waals surface area contributed by atoms with Crippen LogP contribution in [0, 0.1) is 11.3 Å². The van der Waals surface area contributed by atoms with E-state index in [0.29, 0.717) is 19.4 Å². The Morgan fingerprint density at radius 3 is 2.10 bits per heavy atom. The molecule has 0 aromatic carbocycles. The van der Waals surface area contributed by atoms with Crippen molar-refractivity contribution in [2.45, 2.75) is 71.3 Å². The highest BCUT2D eigenvalue weighted by Crippen LogP contribution is 2.19. The third-order valence-electron chi connectivity index (χ3n) is 3.09. The summed E-state index contributed by atoms with van der Waals surface area (Å²) < 4.78 is 37.4. The van der Waals surface area contributed by atoms with Crippen molar-refractivity contribution < 1.29 is 13.2 Å². The second-order valence-corrected chi connectivity index (χ2v) is 6.03. The van der Waals surface area contributed by atoms with Crippen LogP contribution in [0.4, 0.5) is 13.2 Å². The van der Waals surface area contributed by atoms with Crippen LogP contribution in [0.1, 0.15) is 47.5 Å². The van der Waals surface area contributed by atoms with Gasteiger partial charge in [-0.2, -0.15) is 18.4 Å². The maximum absolute atomic E-state index is 12.5. The Morgan fingerprint density at radius 2 is 1.75 bits per heavy atom. The minimum Gasteiger partial charge on any atom is -0.297 e. The van der Waals surface area contributed by atoms with Gasteiger partial charge in [0.05, 0.1) is 12.6 Å². The number of nitrogens with one attached hydrogen (secondary N) is 1. The lowest BCUT2D eigenvalue weighted by atomic mass is 9.96. The monoisotopic (exact) mass is 293 g/mol. The average molecular weight is 293 g/mol. The molecule has 1 N–H and O–H groups in total. The topological polar surface area (TPSA) is 39.1 Å². The molecule has 20 heavy (non-hydrogen) atoms. The van der Waals surface area contributed by atoms with Crippen molar-refractivity contribution in [2.75, 3.05) is 13.1 Å². The predicted molar refractivity (Wildman–Crippen MR) is 74.3 cm³/mol. The van der Waals surface area contributed by atoms with E-state index in [1.54, 1.807) is 20.8 Å². The summed E-state index contributed by atoms with van der Waals surface area (Å²) in [4.78, 5) is 1.40. The summed E-state index contributed by atoms with van der Waals surface area (Å²) in [7, 11) is 0. The van der Waals surface area contributed by atoms with E-state index in [0.717, 1.165) is 0 Å². The van der Waals surface area contributed by atoms with Crippen molar-refractivity contribution in [1.82, 2.24) is 10.2 Å². The highest BCUT2D eigenvalue weighted by Gasteiger charge is 2.32. The number of alkyl halides is 3. The van der Waals surface area contributed by atoms with Crippen LogP contribution < -0.4 is 5.32 Å². The third kappa shape index (κ3) is 8.39. The molecule has 0 saturated carbocycles. The molecule has 0 aliphatic heterocycles. The highest BCUT2D eigenvalue weighted by molar-refractivity contribution is 5.04. The summed E-state index contributed by atoms with van der Waals surface area (Å²) in [6.45, 7) is 8.62. The SMILES string of the molecule is CC(C)NC(C)(C#N)CCCN(CC(F)(F)F)C(C)C. The van der Waals surface area contributed by atoms with Crippen LogP contribution in [-0.2, 0) is 0 Å². The summed E-state index contributed by atoms with van der Waals surface area (Å²) in [6.07, 6.45) is -3.10. The van der Waals surface area contributed by atoms with Gasteiger partial charge in [0.2, 0.25) is 0 Å². The molecule has 1 unspecified atom stereocenters. The molecule has 0 fully saturated rings. The van der Waals surface area contributed by atoms with Gasteiger partial charge in [-0.1, -0.05) is 0 Å². The molecular weight excluding hydrogens is 267 g/mol. The van der Waals surface area contributed by atoms with Gasteiger partial charge >= 0.3 is 6.18 Å². The second kappa shape index (κ2) is 7.84. The molecule has 1 atom stereocenters. The largest absolute Gasteiger partial charge is 0.401 e. The van der Waals surface area contributed by atoms with Gasteiger partial charge in [-0.15, -0.1) is 0 Å². The van der Waals surface area contributed by atoms with E-state index < -0.39 is 18.3 Å². The van der Waals surface area contributed by atoms with Crippen molar-refractivity contribution in [2.24, 2.45) is 0 Å². The Kier molecular flexibility index (Phi) is 7.53. The smallest absolute Gasteiger partial charge is 0.297 e. The first-order valence-electron chi connectivity index (χ1n) is 6.99. The summed E-state index contributed by atoms with van der Waals surface area (Å²) >= 11 is 0. The number of halogens is 3. The predicted octanol–water partition coefficient (Wildman–Crippen LogP) is 3.32. The molecular formula is C14H26F3N3. The van der Waals surface area contributed by atoms with Gasteiger partial charge in [-0.25, -0.2) is 0 Å². The molecule has 0 radical (unpaired) electrons. The van der Waals surface area contributed by atoms with E-state index >= 15 is 0 Å². The second-order valence-electron chi connectivity index (χ2n) is 6.03. The Hall–Kier alpha value is -0.800. The fourth-order valence-corrected chi connectivity index (χ4v) is 2.18. The molecule has 3 nitrogen and oxygen atoms in total. The van der Waals surface area contributed by atoms with Crippen molar-refractivity contribution >= 4 is 0 Å². The molecule has 0 aliphatic carbocycles. The van der Waals surface area contributed by atoms with Crippen LogP contribution in [0.2, 0.25) is 0 Å². The minimum absolute atomic E-state index is 0.163. The standard InChI is InChI=1S/C14H26F3N3/c1-11(2)19-13(5,9-18)7-6-8-20(12(3)4)10-14(15,16)17/h11-12,19H,6-8,10H2,1-5H3. The molecule has 118 valence electrons. The van der Waals surface area contributed by atoms with Crippen LogP contribution in [-0.4, -0.2) is 41.8 Å². The Morgan fingerprint density at radius 1 is 1.20 bits per heavy atom. The molecule has 6 heteroatoms. The molecule has 0 bridgehead atoms. The molecule has 0 spiro atoms. The lowest BCUT2D eigenvalue weighted by molar-refractivity contribution is -0.149. The first kappa shape index (κ1) is 19.2. The van der Waals surface area contributed by atoms with Gasteiger partial charge in [-0.3, -0.25) is 10.2 Å². The normalized spacial score (nSPS) is 15.7. The summed E-state index contributed by atoms with van der Waals surface area (Å²) in [5.41, 5.74) is -0.685. The average Bonchev–Trinajstić information content (AvgIpc) is 2.24. The fraction of sp³-hybridized carbons (Fsp3) is 0.929.